The zero-order valence-corrected chi connectivity index (χ0v) is 22.8. The van der Waals surface area contributed by atoms with Crippen molar-refractivity contribution in [1.82, 2.24) is 19.5 Å². The van der Waals surface area contributed by atoms with Gasteiger partial charge in [-0.05, 0) is 43.5 Å². The summed E-state index contributed by atoms with van der Waals surface area (Å²) in [6.07, 6.45) is 0.123. The minimum Gasteiger partial charge on any atom is -0.483 e. The summed E-state index contributed by atoms with van der Waals surface area (Å²) in [4.78, 5) is 33.2. The van der Waals surface area contributed by atoms with Crippen LogP contribution in [-0.2, 0) is 9.53 Å². The van der Waals surface area contributed by atoms with Crippen LogP contribution in [-0.4, -0.2) is 57.4 Å². The molecule has 5 aromatic rings. The molecule has 2 aliphatic rings. The number of fused-ring (bicyclic) bond motifs is 4. The molecule has 10 nitrogen and oxygen atoms in total. The molecule has 5 heterocycles. The van der Waals surface area contributed by atoms with Gasteiger partial charge in [0.2, 0.25) is 0 Å². The summed E-state index contributed by atoms with van der Waals surface area (Å²) in [6, 6.07) is 12.0. The van der Waals surface area contributed by atoms with E-state index in [1.165, 1.54) is 6.07 Å². The standard InChI is InChI=1S/C15H13F2N3O.C13H15FN2O2.CH2O2/c16-13(17)14-18-11-9-5-1-2-6-10(9)21-12(11)15(19-14)20-7-3-4-8-20;1-8-7-18-6-5-11(8)16-12-9(14)3-2-4-10(12)15-13(16)17;2-1-3/h1-2,5-6,13H,3-4,7-8H2;2-4,8,11H,5-7H2,1H3,(H,15,17);1H,(H,2,3)/t;8-,11-;/m.0./s1. The van der Waals surface area contributed by atoms with Crippen molar-refractivity contribution in [1.29, 1.82) is 0 Å². The van der Waals surface area contributed by atoms with Gasteiger partial charge in [-0.1, -0.05) is 25.1 Å². The zero-order valence-electron chi connectivity index (χ0n) is 22.8. The normalized spacial score (nSPS) is 18.6. The van der Waals surface area contributed by atoms with E-state index < -0.39 is 12.2 Å². The Balaban J connectivity index is 0.000000155. The zero-order chi connectivity index (χ0) is 29.8. The number of rotatable bonds is 3. The van der Waals surface area contributed by atoms with Crippen LogP contribution in [0.2, 0.25) is 0 Å². The number of aromatic nitrogens is 4. The van der Waals surface area contributed by atoms with Crippen molar-refractivity contribution in [2.24, 2.45) is 5.92 Å². The van der Waals surface area contributed by atoms with Crippen LogP contribution in [0.3, 0.4) is 0 Å². The summed E-state index contributed by atoms with van der Waals surface area (Å²) in [6.45, 7) is 4.62. The molecular formula is C29H30F3N5O5. The topological polar surface area (TPSA) is 126 Å². The number of imidazole rings is 1. The number of benzene rings is 2. The Labute approximate surface area is 237 Å². The molecule has 0 saturated carbocycles. The highest BCUT2D eigenvalue weighted by molar-refractivity contribution is 6.05. The van der Waals surface area contributed by atoms with Gasteiger partial charge in [-0.25, -0.2) is 27.9 Å². The fourth-order valence-corrected chi connectivity index (χ4v) is 5.54. The van der Waals surface area contributed by atoms with Crippen LogP contribution in [0.15, 0.2) is 51.7 Å². The van der Waals surface area contributed by atoms with E-state index >= 15 is 0 Å². The van der Waals surface area contributed by atoms with Crippen LogP contribution in [0, 0.1) is 11.7 Å². The van der Waals surface area contributed by atoms with E-state index in [1.807, 2.05) is 36.1 Å². The Kier molecular flexibility index (Phi) is 8.76. The molecule has 0 spiro atoms. The first-order valence-electron chi connectivity index (χ1n) is 13.6. The number of furan rings is 1. The maximum absolute atomic E-state index is 13.9. The van der Waals surface area contributed by atoms with Gasteiger partial charge >= 0.3 is 5.69 Å². The first-order valence-corrected chi connectivity index (χ1v) is 13.6. The summed E-state index contributed by atoms with van der Waals surface area (Å²) in [5.41, 5.74) is 2.31. The maximum Gasteiger partial charge on any atom is 0.326 e. The molecule has 0 aliphatic carbocycles. The highest BCUT2D eigenvalue weighted by Gasteiger charge is 2.28. The van der Waals surface area contributed by atoms with Crippen molar-refractivity contribution in [2.75, 3.05) is 31.2 Å². The minimum atomic E-state index is -2.69. The van der Waals surface area contributed by atoms with E-state index in [0.717, 1.165) is 37.7 Å². The quantitative estimate of drug-likeness (QED) is 0.259. The first-order chi connectivity index (χ1) is 20.3. The molecule has 222 valence electrons. The molecular weight excluding hydrogens is 555 g/mol. The predicted molar refractivity (Wildman–Crippen MR) is 151 cm³/mol. The Morgan fingerprint density at radius 3 is 2.57 bits per heavy atom. The van der Waals surface area contributed by atoms with E-state index in [0.29, 0.717) is 46.7 Å². The number of hydrogen-bond acceptors (Lipinski definition) is 7. The van der Waals surface area contributed by atoms with Crippen LogP contribution < -0.4 is 10.6 Å². The number of aromatic amines is 1. The summed E-state index contributed by atoms with van der Waals surface area (Å²) >= 11 is 0. The molecule has 2 atom stereocenters. The van der Waals surface area contributed by atoms with Crippen LogP contribution in [0.4, 0.5) is 19.0 Å². The van der Waals surface area contributed by atoms with Crippen molar-refractivity contribution < 1.29 is 32.2 Å². The van der Waals surface area contributed by atoms with Crippen molar-refractivity contribution >= 4 is 45.4 Å². The fraction of sp³-hybridized carbons (Fsp3) is 0.379. The number of H-pyrrole nitrogens is 1. The van der Waals surface area contributed by atoms with Gasteiger partial charge in [-0.15, -0.1) is 0 Å². The number of alkyl halides is 2. The monoisotopic (exact) mass is 585 g/mol. The van der Waals surface area contributed by atoms with Crippen molar-refractivity contribution in [3.63, 3.8) is 0 Å². The Morgan fingerprint density at radius 1 is 1.12 bits per heavy atom. The van der Waals surface area contributed by atoms with Gasteiger partial charge in [0.15, 0.2) is 17.2 Å². The number of nitrogens with zero attached hydrogens (tertiary/aromatic N) is 4. The molecule has 0 unspecified atom stereocenters. The van der Waals surface area contributed by atoms with E-state index in [9.17, 15) is 18.0 Å². The number of nitrogens with one attached hydrogen (secondary N) is 1. The number of halogens is 3. The molecule has 0 radical (unpaired) electrons. The number of hydrogen-bond donors (Lipinski definition) is 2. The van der Waals surface area contributed by atoms with E-state index in [-0.39, 0.29) is 29.9 Å². The summed E-state index contributed by atoms with van der Waals surface area (Å²) < 4.78 is 52.9. The lowest BCUT2D eigenvalue weighted by molar-refractivity contribution is -0.122. The molecule has 7 rings (SSSR count). The van der Waals surface area contributed by atoms with E-state index in [1.54, 1.807) is 16.7 Å². The Hall–Kier alpha value is -4.39. The minimum absolute atomic E-state index is 0.00287. The molecule has 2 fully saturated rings. The highest BCUT2D eigenvalue weighted by atomic mass is 19.3. The molecule has 2 saturated heterocycles. The van der Waals surface area contributed by atoms with Crippen LogP contribution in [0.25, 0.3) is 33.1 Å². The molecule has 2 aromatic carbocycles. The number of carbonyl (C=O) groups is 1. The van der Waals surface area contributed by atoms with Crippen molar-refractivity contribution in [3.8, 4) is 0 Å². The number of anilines is 1. The predicted octanol–water partition coefficient (Wildman–Crippen LogP) is 5.68. The summed E-state index contributed by atoms with van der Waals surface area (Å²) in [5, 5.41) is 7.64. The Morgan fingerprint density at radius 2 is 1.86 bits per heavy atom. The average molecular weight is 586 g/mol. The molecule has 2 N–H and O–H groups in total. The highest BCUT2D eigenvalue weighted by Crippen LogP contribution is 2.35. The number of ether oxygens (including phenoxy) is 1. The molecule has 2 aliphatic heterocycles. The third-order valence-electron chi connectivity index (χ3n) is 7.44. The third-order valence-corrected chi connectivity index (χ3v) is 7.44. The first kappa shape index (κ1) is 29.1. The van der Waals surface area contributed by atoms with Crippen LogP contribution in [0.1, 0.15) is 44.5 Å². The smallest absolute Gasteiger partial charge is 0.326 e. The number of para-hydroxylation sites is 2. The maximum atomic E-state index is 13.9. The van der Waals surface area contributed by atoms with Gasteiger partial charge < -0.3 is 24.1 Å². The molecule has 0 bridgehead atoms. The molecule has 13 heteroatoms. The van der Waals surface area contributed by atoms with Crippen LogP contribution >= 0.6 is 0 Å². The van der Waals surface area contributed by atoms with Gasteiger partial charge in [0, 0.05) is 37.0 Å². The van der Waals surface area contributed by atoms with Gasteiger partial charge in [0.1, 0.15) is 22.4 Å². The van der Waals surface area contributed by atoms with Crippen molar-refractivity contribution in [2.45, 2.75) is 38.7 Å². The van der Waals surface area contributed by atoms with Gasteiger partial charge in [-0.3, -0.25) is 9.36 Å². The largest absolute Gasteiger partial charge is 0.483 e. The van der Waals surface area contributed by atoms with Crippen LogP contribution in [0.5, 0.6) is 0 Å². The fourth-order valence-electron chi connectivity index (χ4n) is 5.54. The second kappa shape index (κ2) is 12.6. The van der Waals surface area contributed by atoms with Gasteiger partial charge in [0.05, 0.1) is 12.1 Å². The van der Waals surface area contributed by atoms with Gasteiger partial charge in [0.25, 0.3) is 12.9 Å². The second-order valence-electron chi connectivity index (χ2n) is 10.1. The Bertz CT molecular complexity index is 1740. The SMILES string of the molecule is C[C@H]1COCC[C@@H]1n1c(=O)[nH]c2cccc(F)c21.FC(F)c1nc(N2CCCC2)c2oc3ccccc3c2n1.O=CO. The second-order valence-corrected chi connectivity index (χ2v) is 10.1. The van der Waals surface area contributed by atoms with Crippen molar-refractivity contribution in [3.05, 3.63) is 64.6 Å². The average Bonchev–Trinajstić information content (AvgIpc) is 3.71. The van der Waals surface area contributed by atoms with E-state index in [4.69, 9.17) is 19.1 Å². The lowest BCUT2D eigenvalue weighted by Crippen LogP contribution is -2.33. The third kappa shape index (κ3) is 5.69. The van der Waals surface area contributed by atoms with E-state index in [2.05, 4.69) is 15.0 Å². The molecule has 3 aromatic heterocycles. The van der Waals surface area contributed by atoms with Gasteiger partial charge in [-0.2, -0.15) is 0 Å². The molecule has 42 heavy (non-hydrogen) atoms. The summed E-state index contributed by atoms with van der Waals surface area (Å²) in [7, 11) is 0. The molecule has 0 amide bonds. The number of carboxylic acid groups (broad SMARTS) is 1. The summed E-state index contributed by atoms with van der Waals surface area (Å²) in [5.74, 6) is -0.0976. The lowest BCUT2D eigenvalue weighted by atomic mass is 9.97. The lowest BCUT2D eigenvalue weighted by Gasteiger charge is -2.29.